The first-order chi connectivity index (χ1) is 10.2. The molecule has 0 fully saturated rings. The van der Waals surface area contributed by atoms with Crippen molar-refractivity contribution in [3.05, 3.63) is 51.5 Å². The van der Waals surface area contributed by atoms with Crippen LogP contribution >= 0.6 is 11.3 Å². The van der Waals surface area contributed by atoms with Gasteiger partial charge < -0.3 is 10.6 Å². The minimum Gasteiger partial charge on any atom is -0.357 e. The Kier molecular flexibility index (Phi) is 5.75. The topological polar surface area (TPSA) is 49.3 Å². The van der Waals surface area contributed by atoms with Gasteiger partial charge in [0.2, 0.25) is 0 Å². The number of hydrogen-bond donors (Lipinski definition) is 2. The molecule has 4 nitrogen and oxygen atoms in total. The molecule has 5 heteroatoms. The number of rotatable bonds is 5. The minimum atomic E-state index is 0.677. The summed E-state index contributed by atoms with van der Waals surface area (Å²) in [5.74, 6) is 0.840. The van der Waals surface area contributed by atoms with Crippen molar-refractivity contribution in [3.63, 3.8) is 0 Å². The highest BCUT2D eigenvalue weighted by Gasteiger charge is 2.05. The molecule has 0 aliphatic rings. The van der Waals surface area contributed by atoms with Gasteiger partial charge in [0.25, 0.3) is 0 Å². The highest BCUT2D eigenvalue weighted by atomic mass is 32.1. The van der Waals surface area contributed by atoms with E-state index in [9.17, 15) is 0 Å². The van der Waals surface area contributed by atoms with Crippen LogP contribution in [-0.2, 0) is 13.1 Å². The van der Waals surface area contributed by atoms with Crippen molar-refractivity contribution in [1.29, 1.82) is 0 Å². The van der Waals surface area contributed by atoms with E-state index in [-0.39, 0.29) is 0 Å². The molecule has 0 aliphatic carbocycles. The summed E-state index contributed by atoms with van der Waals surface area (Å²) in [6.07, 6.45) is 0. The minimum absolute atomic E-state index is 0.677. The standard InChI is InChI=1S/C16H22N4S/c1-4-17-16(18-10-14-8-6-5-7-9-14)19-11-15-12(2)20-13(3)21-15/h5-9H,4,10-11H2,1-3H3,(H2,17,18,19). The van der Waals surface area contributed by atoms with Crippen LogP contribution in [-0.4, -0.2) is 17.5 Å². The summed E-state index contributed by atoms with van der Waals surface area (Å²) in [4.78, 5) is 10.3. The lowest BCUT2D eigenvalue weighted by molar-refractivity contribution is 0.819. The lowest BCUT2D eigenvalue weighted by Gasteiger charge is -2.10. The summed E-state index contributed by atoms with van der Waals surface area (Å²) in [6, 6.07) is 10.3. The van der Waals surface area contributed by atoms with Crippen molar-refractivity contribution in [3.8, 4) is 0 Å². The van der Waals surface area contributed by atoms with Gasteiger partial charge in [-0.25, -0.2) is 9.98 Å². The van der Waals surface area contributed by atoms with Crippen molar-refractivity contribution in [1.82, 2.24) is 15.6 Å². The van der Waals surface area contributed by atoms with Crippen LogP contribution in [0, 0.1) is 13.8 Å². The second kappa shape index (κ2) is 7.78. The number of aryl methyl sites for hydroxylation is 2. The molecule has 0 saturated heterocycles. The van der Waals surface area contributed by atoms with Crippen LogP contribution in [0.5, 0.6) is 0 Å². The maximum atomic E-state index is 4.61. The van der Waals surface area contributed by atoms with Crippen LogP contribution in [0.2, 0.25) is 0 Å². The molecule has 0 unspecified atom stereocenters. The molecule has 2 aromatic rings. The molecule has 0 saturated carbocycles. The van der Waals surface area contributed by atoms with E-state index in [1.54, 1.807) is 11.3 Å². The second-order valence-electron chi connectivity index (χ2n) is 4.78. The van der Waals surface area contributed by atoms with Gasteiger partial charge in [0, 0.05) is 11.4 Å². The first-order valence-electron chi connectivity index (χ1n) is 7.18. The van der Waals surface area contributed by atoms with E-state index in [0.717, 1.165) is 29.8 Å². The average Bonchev–Trinajstić information content (AvgIpc) is 2.81. The van der Waals surface area contributed by atoms with Crippen LogP contribution < -0.4 is 10.6 Å². The van der Waals surface area contributed by atoms with Gasteiger partial charge >= 0.3 is 0 Å². The first-order valence-corrected chi connectivity index (χ1v) is 7.99. The van der Waals surface area contributed by atoms with E-state index in [1.165, 1.54) is 10.4 Å². The largest absolute Gasteiger partial charge is 0.357 e. The van der Waals surface area contributed by atoms with Gasteiger partial charge in [-0.2, -0.15) is 0 Å². The van der Waals surface area contributed by atoms with E-state index >= 15 is 0 Å². The Hall–Kier alpha value is -1.88. The molecular formula is C16H22N4S. The fourth-order valence-corrected chi connectivity index (χ4v) is 2.87. The summed E-state index contributed by atoms with van der Waals surface area (Å²) >= 11 is 1.73. The summed E-state index contributed by atoms with van der Waals surface area (Å²) in [7, 11) is 0. The zero-order valence-corrected chi connectivity index (χ0v) is 13.6. The molecule has 112 valence electrons. The van der Waals surface area contributed by atoms with Gasteiger partial charge in [0.1, 0.15) is 0 Å². The molecule has 0 radical (unpaired) electrons. The van der Waals surface area contributed by atoms with Gasteiger partial charge in [0.15, 0.2) is 5.96 Å². The highest BCUT2D eigenvalue weighted by Crippen LogP contribution is 2.16. The van der Waals surface area contributed by atoms with Crippen LogP contribution in [0.4, 0.5) is 0 Å². The molecule has 1 aromatic heterocycles. The van der Waals surface area contributed by atoms with E-state index in [4.69, 9.17) is 0 Å². The predicted octanol–water partition coefficient (Wildman–Crippen LogP) is 3.02. The Balaban J connectivity index is 1.96. The van der Waals surface area contributed by atoms with Crippen molar-refractivity contribution < 1.29 is 0 Å². The third-order valence-corrected chi connectivity index (χ3v) is 4.10. The van der Waals surface area contributed by atoms with Crippen molar-refractivity contribution in [2.75, 3.05) is 6.54 Å². The van der Waals surface area contributed by atoms with Gasteiger partial charge in [-0.3, -0.25) is 0 Å². The fraction of sp³-hybridized carbons (Fsp3) is 0.375. The second-order valence-corrected chi connectivity index (χ2v) is 6.06. The van der Waals surface area contributed by atoms with Gasteiger partial charge in [-0.1, -0.05) is 30.3 Å². The van der Waals surface area contributed by atoms with E-state index in [0.29, 0.717) is 6.54 Å². The Morgan fingerprint density at radius 3 is 2.57 bits per heavy atom. The van der Waals surface area contributed by atoms with E-state index < -0.39 is 0 Å². The molecule has 1 heterocycles. The lowest BCUT2D eigenvalue weighted by Crippen LogP contribution is -2.36. The number of nitrogens with zero attached hydrogens (tertiary/aromatic N) is 2. The molecular weight excluding hydrogens is 280 g/mol. The number of benzene rings is 1. The first kappa shape index (κ1) is 15.5. The molecule has 0 amide bonds. The zero-order valence-electron chi connectivity index (χ0n) is 12.8. The van der Waals surface area contributed by atoms with Gasteiger partial charge in [-0.15, -0.1) is 11.3 Å². The van der Waals surface area contributed by atoms with Crippen molar-refractivity contribution >= 4 is 17.3 Å². The monoisotopic (exact) mass is 302 g/mol. The molecule has 21 heavy (non-hydrogen) atoms. The molecule has 0 aliphatic heterocycles. The Bertz CT molecular complexity index is 590. The molecule has 0 spiro atoms. The fourth-order valence-electron chi connectivity index (χ4n) is 2.00. The number of guanidine groups is 1. The number of hydrogen-bond acceptors (Lipinski definition) is 3. The molecule has 1 aromatic carbocycles. The normalized spacial score (nSPS) is 11.5. The number of aliphatic imine (C=N–C) groups is 1. The Morgan fingerprint density at radius 1 is 1.19 bits per heavy atom. The number of thiazole rings is 1. The third-order valence-electron chi connectivity index (χ3n) is 3.02. The molecule has 2 rings (SSSR count). The average molecular weight is 302 g/mol. The molecule has 2 N–H and O–H groups in total. The Labute approximate surface area is 130 Å². The predicted molar refractivity (Wildman–Crippen MR) is 89.7 cm³/mol. The third kappa shape index (κ3) is 4.86. The molecule has 0 atom stereocenters. The van der Waals surface area contributed by atoms with Gasteiger partial charge in [0.05, 0.1) is 23.8 Å². The van der Waals surface area contributed by atoms with E-state index in [2.05, 4.69) is 46.6 Å². The van der Waals surface area contributed by atoms with Crippen molar-refractivity contribution in [2.45, 2.75) is 33.9 Å². The zero-order chi connectivity index (χ0) is 15.1. The lowest BCUT2D eigenvalue weighted by atomic mass is 10.2. The summed E-state index contributed by atoms with van der Waals surface area (Å²) in [5, 5.41) is 7.75. The van der Waals surface area contributed by atoms with E-state index in [1.807, 2.05) is 25.1 Å². The maximum Gasteiger partial charge on any atom is 0.191 e. The summed E-state index contributed by atoms with van der Waals surface area (Å²) < 4.78 is 0. The molecule has 0 bridgehead atoms. The number of aromatic nitrogens is 1. The summed E-state index contributed by atoms with van der Waals surface area (Å²) in [5.41, 5.74) is 2.31. The van der Waals surface area contributed by atoms with Crippen LogP contribution in [0.1, 0.15) is 28.1 Å². The van der Waals surface area contributed by atoms with Crippen LogP contribution in [0.3, 0.4) is 0 Å². The van der Waals surface area contributed by atoms with Gasteiger partial charge in [-0.05, 0) is 26.3 Å². The highest BCUT2D eigenvalue weighted by molar-refractivity contribution is 7.11. The van der Waals surface area contributed by atoms with Crippen molar-refractivity contribution in [2.24, 2.45) is 4.99 Å². The SMILES string of the molecule is CCNC(=NCc1ccccc1)NCc1sc(C)nc1C. The van der Waals surface area contributed by atoms with Crippen LogP contribution in [0.25, 0.3) is 0 Å². The Morgan fingerprint density at radius 2 is 1.95 bits per heavy atom. The van der Waals surface area contributed by atoms with Crippen LogP contribution in [0.15, 0.2) is 35.3 Å². The smallest absolute Gasteiger partial charge is 0.191 e. The maximum absolute atomic E-state index is 4.61. The summed E-state index contributed by atoms with van der Waals surface area (Å²) in [6.45, 7) is 8.45. The number of nitrogens with one attached hydrogen (secondary N) is 2. The quantitative estimate of drug-likeness (QED) is 0.659.